The summed E-state index contributed by atoms with van der Waals surface area (Å²) in [7, 11) is 0. The molecule has 0 spiro atoms. The summed E-state index contributed by atoms with van der Waals surface area (Å²) >= 11 is 7.82. The third-order valence-electron chi connectivity index (χ3n) is 4.70. The monoisotopic (exact) mass is 372 g/mol. The van der Waals surface area contributed by atoms with Crippen molar-refractivity contribution in [3.63, 3.8) is 0 Å². The van der Waals surface area contributed by atoms with Crippen molar-refractivity contribution in [3.8, 4) is 0 Å². The first-order valence-corrected chi connectivity index (χ1v) is 9.91. The fourth-order valence-electron chi connectivity index (χ4n) is 3.27. The summed E-state index contributed by atoms with van der Waals surface area (Å²) in [4.78, 5) is 11.2. The standard InChI is InChI=1S/C19H21ClN4S/c20-15-1-2-17-18(13-15)25-19(23-17)24-11-6-16(7-12-24)22-10-5-14-3-8-21-9-4-14/h1-4,8-9,13,16,22H,5-7,10-12H2. The number of thiazole rings is 1. The summed E-state index contributed by atoms with van der Waals surface area (Å²) < 4.78 is 1.17. The van der Waals surface area contributed by atoms with E-state index in [1.165, 1.54) is 10.3 Å². The Labute approximate surface area is 156 Å². The lowest BCUT2D eigenvalue weighted by atomic mass is 10.1. The van der Waals surface area contributed by atoms with Crippen molar-refractivity contribution >= 4 is 38.3 Å². The number of fused-ring (bicyclic) bond motifs is 1. The highest BCUT2D eigenvalue weighted by atomic mass is 35.5. The number of benzene rings is 1. The SMILES string of the molecule is Clc1ccc2nc(N3CCC(NCCc4ccncc4)CC3)sc2c1. The van der Waals surface area contributed by atoms with Gasteiger partial charge in [0, 0.05) is 36.5 Å². The molecule has 0 bridgehead atoms. The Morgan fingerprint density at radius 3 is 2.76 bits per heavy atom. The zero-order chi connectivity index (χ0) is 17.1. The fraction of sp³-hybridized carbons (Fsp3) is 0.368. The number of nitrogens with one attached hydrogen (secondary N) is 1. The van der Waals surface area contributed by atoms with Gasteiger partial charge in [0.25, 0.3) is 0 Å². The van der Waals surface area contributed by atoms with Crippen LogP contribution in [-0.2, 0) is 6.42 Å². The molecule has 3 aromatic rings. The van der Waals surface area contributed by atoms with Crippen molar-refractivity contribution in [2.45, 2.75) is 25.3 Å². The van der Waals surface area contributed by atoms with E-state index in [2.05, 4.69) is 27.3 Å². The highest BCUT2D eigenvalue weighted by molar-refractivity contribution is 7.22. The molecule has 1 N–H and O–H groups in total. The number of hydrogen-bond acceptors (Lipinski definition) is 5. The number of aromatic nitrogens is 2. The van der Waals surface area contributed by atoms with Gasteiger partial charge in [-0.1, -0.05) is 22.9 Å². The van der Waals surface area contributed by atoms with Crippen LogP contribution in [0.2, 0.25) is 5.02 Å². The van der Waals surface area contributed by atoms with Crippen LogP contribution in [0.15, 0.2) is 42.7 Å². The number of piperidine rings is 1. The van der Waals surface area contributed by atoms with Crippen LogP contribution < -0.4 is 10.2 Å². The Balaban J connectivity index is 1.28. The van der Waals surface area contributed by atoms with E-state index < -0.39 is 0 Å². The molecule has 25 heavy (non-hydrogen) atoms. The van der Waals surface area contributed by atoms with Gasteiger partial charge in [-0.05, 0) is 61.7 Å². The largest absolute Gasteiger partial charge is 0.348 e. The van der Waals surface area contributed by atoms with E-state index in [0.717, 1.165) is 54.6 Å². The van der Waals surface area contributed by atoms with Gasteiger partial charge in [-0.25, -0.2) is 4.98 Å². The number of pyridine rings is 1. The highest BCUT2D eigenvalue weighted by Crippen LogP contribution is 2.32. The molecule has 3 heterocycles. The summed E-state index contributed by atoms with van der Waals surface area (Å²) in [6.45, 7) is 3.13. The maximum atomic E-state index is 6.08. The van der Waals surface area contributed by atoms with Gasteiger partial charge < -0.3 is 10.2 Å². The van der Waals surface area contributed by atoms with Crippen LogP contribution >= 0.6 is 22.9 Å². The van der Waals surface area contributed by atoms with Gasteiger partial charge in [0.2, 0.25) is 0 Å². The molecule has 1 aromatic carbocycles. The minimum atomic E-state index is 0.599. The zero-order valence-electron chi connectivity index (χ0n) is 14.0. The van der Waals surface area contributed by atoms with Crippen LogP contribution in [0, 0.1) is 0 Å². The van der Waals surface area contributed by atoms with Crippen molar-refractivity contribution in [2.75, 3.05) is 24.5 Å². The second-order valence-corrected chi connectivity index (χ2v) is 7.87. The Kier molecular flexibility index (Phi) is 5.15. The first-order chi connectivity index (χ1) is 12.3. The van der Waals surface area contributed by atoms with Crippen LogP contribution in [0.5, 0.6) is 0 Å². The van der Waals surface area contributed by atoms with Gasteiger partial charge in [0.15, 0.2) is 5.13 Å². The lowest BCUT2D eigenvalue weighted by molar-refractivity contribution is 0.417. The first-order valence-electron chi connectivity index (χ1n) is 8.71. The van der Waals surface area contributed by atoms with Crippen molar-refractivity contribution in [3.05, 3.63) is 53.3 Å². The second kappa shape index (κ2) is 7.68. The molecule has 1 aliphatic rings. The van der Waals surface area contributed by atoms with E-state index in [1.54, 1.807) is 11.3 Å². The minimum Gasteiger partial charge on any atom is -0.348 e. The average Bonchev–Trinajstić information content (AvgIpc) is 3.06. The molecular formula is C19H21ClN4S. The van der Waals surface area contributed by atoms with E-state index in [4.69, 9.17) is 16.6 Å². The van der Waals surface area contributed by atoms with Crippen LogP contribution in [0.4, 0.5) is 5.13 Å². The quantitative estimate of drug-likeness (QED) is 0.730. The number of halogens is 1. The van der Waals surface area contributed by atoms with Gasteiger partial charge >= 0.3 is 0 Å². The van der Waals surface area contributed by atoms with Gasteiger partial charge in [-0.2, -0.15) is 0 Å². The van der Waals surface area contributed by atoms with Gasteiger partial charge in [-0.3, -0.25) is 4.98 Å². The Bertz CT molecular complexity index is 828. The maximum absolute atomic E-state index is 6.08. The summed E-state index contributed by atoms with van der Waals surface area (Å²) in [6.07, 6.45) is 7.10. The van der Waals surface area contributed by atoms with Gasteiger partial charge in [-0.15, -0.1) is 0 Å². The van der Waals surface area contributed by atoms with E-state index in [0.29, 0.717) is 6.04 Å². The van der Waals surface area contributed by atoms with Crippen LogP contribution in [0.25, 0.3) is 10.2 Å². The molecule has 2 aromatic heterocycles. The predicted octanol–water partition coefficient (Wildman–Crippen LogP) is 4.15. The van der Waals surface area contributed by atoms with Crippen molar-refractivity contribution in [1.29, 1.82) is 0 Å². The molecule has 1 aliphatic heterocycles. The Hall–Kier alpha value is -1.69. The Morgan fingerprint density at radius 1 is 1.16 bits per heavy atom. The molecule has 1 saturated heterocycles. The lowest BCUT2D eigenvalue weighted by Gasteiger charge is -2.32. The van der Waals surface area contributed by atoms with E-state index >= 15 is 0 Å². The first kappa shape index (κ1) is 16.8. The summed E-state index contributed by atoms with van der Waals surface area (Å²) in [5.74, 6) is 0. The molecule has 0 radical (unpaired) electrons. The van der Waals surface area contributed by atoms with E-state index in [-0.39, 0.29) is 0 Å². The second-order valence-electron chi connectivity index (χ2n) is 6.43. The lowest BCUT2D eigenvalue weighted by Crippen LogP contribution is -2.43. The molecular weight excluding hydrogens is 352 g/mol. The molecule has 1 fully saturated rings. The number of anilines is 1. The van der Waals surface area contributed by atoms with Crippen LogP contribution in [0.3, 0.4) is 0 Å². The average molecular weight is 373 g/mol. The highest BCUT2D eigenvalue weighted by Gasteiger charge is 2.21. The normalized spacial score (nSPS) is 15.8. The molecule has 4 rings (SSSR count). The smallest absolute Gasteiger partial charge is 0.186 e. The molecule has 0 aliphatic carbocycles. The summed E-state index contributed by atoms with van der Waals surface area (Å²) in [6, 6.07) is 10.7. The minimum absolute atomic E-state index is 0.599. The van der Waals surface area contributed by atoms with Crippen LogP contribution in [0.1, 0.15) is 18.4 Å². The predicted molar refractivity (Wildman–Crippen MR) is 106 cm³/mol. The summed E-state index contributed by atoms with van der Waals surface area (Å²) in [5, 5.41) is 5.59. The van der Waals surface area contributed by atoms with E-state index in [1.807, 2.05) is 30.6 Å². The van der Waals surface area contributed by atoms with Crippen molar-refractivity contribution in [1.82, 2.24) is 15.3 Å². The third kappa shape index (κ3) is 4.11. The van der Waals surface area contributed by atoms with Gasteiger partial charge in [0.05, 0.1) is 10.2 Å². The molecule has 4 nitrogen and oxygen atoms in total. The van der Waals surface area contributed by atoms with Crippen molar-refractivity contribution in [2.24, 2.45) is 0 Å². The topological polar surface area (TPSA) is 41.1 Å². The zero-order valence-corrected chi connectivity index (χ0v) is 15.6. The maximum Gasteiger partial charge on any atom is 0.186 e. The third-order valence-corrected chi connectivity index (χ3v) is 6.01. The number of nitrogens with zero attached hydrogens (tertiary/aromatic N) is 3. The Morgan fingerprint density at radius 2 is 1.96 bits per heavy atom. The molecule has 6 heteroatoms. The van der Waals surface area contributed by atoms with E-state index in [9.17, 15) is 0 Å². The van der Waals surface area contributed by atoms with Crippen molar-refractivity contribution < 1.29 is 0 Å². The molecule has 0 atom stereocenters. The molecule has 0 amide bonds. The number of hydrogen-bond donors (Lipinski definition) is 1. The summed E-state index contributed by atoms with van der Waals surface area (Å²) in [5.41, 5.74) is 2.38. The fourth-order valence-corrected chi connectivity index (χ4v) is 4.56. The molecule has 130 valence electrons. The van der Waals surface area contributed by atoms with Crippen LogP contribution in [-0.4, -0.2) is 35.6 Å². The molecule has 0 saturated carbocycles. The molecule has 0 unspecified atom stereocenters. The van der Waals surface area contributed by atoms with Gasteiger partial charge in [0.1, 0.15) is 0 Å². The number of rotatable bonds is 5.